The summed E-state index contributed by atoms with van der Waals surface area (Å²) in [5.41, 5.74) is 3.23. The molecule has 7 nitrogen and oxygen atoms in total. The SMILES string of the molecule is O=C(NCc1ccc(CN2CCCCC2)cc1)C1CCCN(Cc2nc(-c3ccccc3Cl)no2)C1. The summed E-state index contributed by atoms with van der Waals surface area (Å²) in [7, 11) is 0. The number of likely N-dealkylation sites (tertiary alicyclic amines) is 2. The van der Waals surface area contributed by atoms with Crippen LogP contribution in [0.25, 0.3) is 11.4 Å². The second kappa shape index (κ2) is 12.0. The maximum absolute atomic E-state index is 12.9. The second-order valence-corrected chi connectivity index (χ2v) is 10.3. The van der Waals surface area contributed by atoms with Gasteiger partial charge in [-0.15, -0.1) is 0 Å². The molecule has 1 unspecified atom stereocenters. The number of hydrogen-bond acceptors (Lipinski definition) is 6. The molecule has 36 heavy (non-hydrogen) atoms. The van der Waals surface area contributed by atoms with Crippen molar-refractivity contribution in [1.29, 1.82) is 0 Å². The van der Waals surface area contributed by atoms with E-state index in [1.165, 1.54) is 37.9 Å². The molecule has 8 heteroatoms. The first-order chi connectivity index (χ1) is 17.6. The van der Waals surface area contributed by atoms with Crippen LogP contribution in [0.3, 0.4) is 0 Å². The molecule has 2 aliphatic heterocycles. The molecule has 190 valence electrons. The van der Waals surface area contributed by atoms with Gasteiger partial charge in [-0.2, -0.15) is 4.98 Å². The first-order valence-electron chi connectivity index (χ1n) is 13.0. The minimum absolute atomic E-state index is 0.0388. The number of rotatable bonds is 8. The van der Waals surface area contributed by atoms with Crippen LogP contribution >= 0.6 is 11.6 Å². The van der Waals surface area contributed by atoms with E-state index >= 15 is 0 Å². The zero-order valence-electron chi connectivity index (χ0n) is 20.7. The van der Waals surface area contributed by atoms with Crippen molar-refractivity contribution in [1.82, 2.24) is 25.3 Å². The summed E-state index contributed by atoms with van der Waals surface area (Å²) in [4.78, 5) is 22.2. The van der Waals surface area contributed by atoms with Crippen LogP contribution in [-0.2, 0) is 24.4 Å². The molecule has 0 spiro atoms. The molecule has 0 bridgehead atoms. The Kier molecular flexibility index (Phi) is 8.31. The highest BCUT2D eigenvalue weighted by atomic mass is 35.5. The lowest BCUT2D eigenvalue weighted by Crippen LogP contribution is -2.42. The van der Waals surface area contributed by atoms with Gasteiger partial charge in [-0.1, -0.05) is 59.6 Å². The highest BCUT2D eigenvalue weighted by molar-refractivity contribution is 6.33. The quantitative estimate of drug-likeness (QED) is 0.467. The van der Waals surface area contributed by atoms with Gasteiger partial charge in [0.05, 0.1) is 17.5 Å². The summed E-state index contributed by atoms with van der Waals surface area (Å²) >= 11 is 6.26. The summed E-state index contributed by atoms with van der Waals surface area (Å²) in [5.74, 6) is 1.10. The van der Waals surface area contributed by atoms with Gasteiger partial charge >= 0.3 is 0 Å². The van der Waals surface area contributed by atoms with Crippen molar-refractivity contribution in [3.63, 3.8) is 0 Å². The number of nitrogens with zero attached hydrogens (tertiary/aromatic N) is 4. The molecule has 3 aromatic rings. The lowest BCUT2D eigenvalue weighted by molar-refractivity contribution is -0.127. The number of carbonyl (C=O) groups is 1. The van der Waals surface area contributed by atoms with Crippen LogP contribution in [0.4, 0.5) is 0 Å². The van der Waals surface area contributed by atoms with Crippen LogP contribution in [0.1, 0.15) is 49.1 Å². The van der Waals surface area contributed by atoms with Crippen LogP contribution in [-0.4, -0.2) is 52.0 Å². The molecular weight excluding hydrogens is 474 g/mol. The first kappa shape index (κ1) is 24.9. The molecule has 1 aromatic heterocycles. The smallest absolute Gasteiger partial charge is 0.241 e. The number of aromatic nitrogens is 2. The minimum atomic E-state index is -0.0388. The van der Waals surface area contributed by atoms with Crippen molar-refractivity contribution < 1.29 is 9.32 Å². The van der Waals surface area contributed by atoms with E-state index in [2.05, 4.69) is 49.5 Å². The highest BCUT2D eigenvalue weighted by Gasteiger charge is 2.27. The van der Waals surface area contributed by atoms with Gasteiger partial charge in [0.1, 0.15) is 0 Å². The van der Waals surface area contributed by atoms with Crippen LogP contribution < -0.4 is 5.32 Å². The molecule has 0 radical (unpaired) electrons. The normalized spacial score (nSPS) is 19.3. The van der Waals surface area contributed by atoms with Crippen LogP contribution in [0.2, 0.25) is 5.02 Å². The average Bonchev–Trinajstić information content (AvgIpc) is 3.37. The molecule has 2 aliphatic rings. The van der Waals surface area contributed by atoms with E-state index in [9.17, 15) is 4.79 Å². The maximum atomic E-state index is 12.9. The van der Waals surface area contributed by atoms with Crippen molar-refractivity contribution in [3.8, 4) is 11.4 Å². The summed E-state index contributed by atoms with van der Waals surface area (Å²) < 4.78 is 5.47. The van der Waals surface area contributed by atoms with Crippen molar-refractivity contribution in [2.24, 2.45) is 5.92 Å². The Morgan fingerprint density at radius 3 is 2.50 bits per heavy atom. The minimum Gasteiger partial charge on any atom is -0.352 e. The fourth-order valence-corrected chi connectivity index (χ4v) is 5.37. The zero-order valence-corrected chi connectivity index (χ0v) is 21.4. The number of piperidine rings is 2. The van der Waals surface area contributed by atoms with Gasteiger partial charge in [-0.25, -0.2) is 0 Å². The number of amides is 1. The molecule has 1 atom stereocenters. The van der Waals surface area contributed by atoms with E-state index in [-0.39, 0.29) is 11.8 Å². The molecule has 3 heterocycles. The van der Waals surface area contributed by atoms with Crippen molar-refractivity contribution in [2.45, 2.75) is 51.7 Å². The van der Waals surface area contributed by atoms with Gasteiger partial charge in [0.25, 0.3) is 0 Å². The van der Waals surface area contributed by atoms with Crippen molar-refractivity contribution >= 4 is 17.5 Å². The molecule has 1 N–H and O–H groups in total. The molecule has 0 saturated carbocycles. The fourth-order valence-electron chi connectivity index (χ4n) is 5.15. The summed E-state index contributed by atoms with van der Waals surface area (Å²) in [5, 5.41) is 7.83. The standard InChI is InChI=1S/C28H34ClN5O2/c29-25-9-3-2-8-24(25)27-31-26(36-32-27)20-34-16-6-7-23(19-34)28(35)30-17-21-10-12-22(13-11-21)18-33-14-4-1-5-15-33/h2-3,8-13,23H,1,4-7,14-20H2,(H,30,35). The Morgan fingerprint density at radius 1 is 0.944 bits per heavy atom. The van der Waals surface area contributed by atoms with Crippen molar-refractivity contribution in [2.75, 3.05) is 26.2 Å². The summed E-state index contributed by atoms with van der Waals surface area (Å²) in [6.45, 7) is 6.10. The van der Waals surface area contributed by atoms with E-state index < -0.39 is 0 Å². The maximum Gasteiger partial charge on any atom is 0.241 e. The average molecular weight is 508 g/mol. The van der Waals surface area contributed by atoms with Gasteiger partial charge in [0.2, 0.25) is 17.6 Å². The van der Waals surface area contributed by atoms with Gasteiger partial charge in [-0.3, -0.25) is 14.6 Å². The summed E-state index contributed by atoms with van der Waals surface area (Å²) in [6, 6.07) is 16.1. The topological polar surface area (TPSA) is 74.5 Å². The van der Waals surface area contributed by atoms with E-state index in [4.69, 9.17) is 16.1 Å². The Bertz CT molecular complexity index is 1140. The predicted octanol–water partition coefficient (Wildman–Crippen LogP) is 4.90. The molecule has 5 rings (SSSR count). The predicted molar refractivity (Wildman–Crippen MR) is 140 cm³/mol. The molecular formula is C28H34ClN5O2. The Morgan fingerprint density at radius 2 is 1.69 bits per heavy atom. The number of nitrogens with one attached hydrogen (secondary N) is 1. The molecule has 2 aromatic carbocycles. The lowest BCUT2D eigenvalue weighted by atomic mass is 9.97. The molecule has 0 aliphatic carbocycles. The number of halogens is 1. The second-order valence-electron chi connectivity index (χ2n) is 9.94. The third kappa shape index (κ3) is 6.52. The van der Waals surface area contributed by atoms with Crippen LogP contribution in [0.15, 0.2) is 53.1 Å². The van der Waals surface area contributed by atoms with E-state index in [0.717, 1.165) is 37.1 Å². The molecule has 1 amide bonds. The summed E-state index contributed by atoms with van der Waals surface area (Å²) in [6.07, 6.45) is 5.83. The number of carbonyl (C=O) groups excluding carboxylic acids is 1. The fraction of sp³-hybridized carbons (Fsp3) is 0.464. The Labute approximate surface area is 217 Å². The first-order valence-corrected chi connectivity index (χ1v) is 13.4. The highest BCUT2D eigenvalue weighted by Crippen LogP contribution is 2.26. The van der Waals surface area contributed by atoms with Crippen LogP contribution in [0, 0.1) is 5.92 Å². The number of benzene rings is 2. The third-order valence-corrected chi connectivity index (χ3v) is 7.49. The zero-order chi connectivity index (χ0) is 24.7. The molecule has 2 fully saturated rings. The van der Waals surface area contributed by atoms with Gasteiger partial charge in [0, 0.05) is 25.2 Å². The van der Waals surface area contributed by atoms with E-state index in [1.807, 2.05) is 24.3 Å². The van der Waals surface area contributed by atoms with Crippen molar-refractivity contribution in [3.05, 3.63) is 70.6 Å². The van der Waals surface area contributed by atoms with Gasteiger partial charge in [-0.05, 0) is 68.6 Å². The lowest BCUT2D eigenvalue weighted by Gasteiger charge is -2.30. The van der Waals surface area contributed by atoms with E-state index in [1.54, 1.807) is 0 Å². The third-order valence-electron chi connectivity index (χ3n) is 7.16. The monoisotopic (exact) mass is 507 g/mol. The largest absolute Gasteiger partial charge is 0.352 e. The van der Waals surface area contributed by atoms with Crippen LogP contribution in [0.5, 0.6) is 0 Å². The molecule has 2 saturated heterocycles. The van der Waals surface area contributed by atoms with Gasteiger partial charge in [0.15, 0.2) is 0 Å². The van der Waals surface area contributed by atoms with Gasteiger partial charge < -0.3 is 9.84 Å². The Balaban J connectivity index is 1.09. The Hall–Kier alpha value is -2.74. The number of hydrogen-bond donors (Lipinski definition) is 1. The van der Waals surface area contributed by atoms with E-state index in [0.29, 0.717) is 36.4 Å².